The highest BCUT2D eigenvalue weighted by atomic mass is 35.5. The van der Waals surface area contributed by atoms with Gasteiger partial charge in [0.05, 0.1) is 0 Å². The van der Waals surface area contributed by atoms with Gasteiger partial charge in [0.1, 0.15) is 5.75 Å². The van der Waals surface area contributed by atoms with Gasteiger partial charge in [-0.2, -0.15) is 0 Å². The Morgan fingerprint density at radius 1 is 0.962 bits per heavy atom. The van der Waals surface area contributed by atoms with Crippen molar-refractivity contribution in [3.63, 3.8) is 0 Å². The Labute approximate surface area is 162 Å². The minimum Gasteiger partial charge on any atom is -0.479 e. The summed E-state index contributed by atoms with van der Waals surface area (Å²) >= 11 is 11.7. The van der Waals surface area contributed by atoms with Crippen LogP contribution in [0.15, 0.2) is 42.5 Å². The lowest BCUT2D eigenvalue weighted by atomic mass is 10.2. The molecular formula is C19H19Cl2NO4. The predicted molar refractivity (Wildman–Crippen MR) is 102 cm³/mol. The van der Waals surface area contributed by atoms with E-state index in [1.807, 2.05) is 6.92 Å². The first-order chi connectivity index (χ1) is 12.3. The summed E-state index contributed by atoms with van der Waals surface area (Å²) in [6.45, 7) is 4.87. The first kappa shape index (κ1) is 20.1. The van der Waals surface area contributed by atoms with Crippen LogP contribution >= 0.6 is 23.2 Å². The molecule has 2 rings (SSSR count). The van der Waals surface area contributed by atoms with Crippen molar-refractivity contribution in [3.8, 4) is 5.75 Å². The van der Waals surface area contributed by atoms with Crippen molar-refractivity contribution in [1.82, 2.24) is 0 Å². The van der Waals surface area contributed by atoms with Gasteiger partial charge in [-0.15, -0.1) is 0 Å². The second-order valence-corrected chi connectivity index (χ2v) is 6.61. The van der Waals surface area contributed by atoms with E-state index in [2.05, 4.69) is 5.32 Å². The third-order valence-corrected chi connectivity index (χ3v) is 4.07. The second kappa shape index (κ2) is 8.92. The number of hydrogen-bond acceptors (Lipinski definition) is 4. The number of ether oxygens (including phenoxy) is 2. The third-order valence-electron chi connectivity index (χ3n) is 3.58. The zero-order valence-corrected chi connectivity index (χ0v) is 16.1. The maximum atomic E-state index is 12.2. The van der Waals surface area contributed by atoms with Gasteiger partial charge in [0.2, 0.25) is 0 Å². The molecule has 1 N–H and O–H groups in total. The largest absolute Gasteiger partial charge is 0.479 e. The fourth-order valence-electron chi connectivity index (χ4n) is 2.05. The summed E-state index contributed by atoms with van der Waals surface area (Å²) in [5.41, 5.74) is 1.41. The number of carbonyl (C=O) groups is 2. The Hall–Kier alpha value is -2.24. The minimum atomic E-state index is -0.989. The summed E-state index contributed by atoms with van der Waals surface area (Å²) in [7, 11) is 0. The molecule has 0 aliphatic heterocycles. The van der Waals surface area contributed by atoms with Crippen LogP contribution < -0.4 is 10.1 Å². The second-order valence-electron chi connectivity index (χ2n) is 5.74. The average molecular weight is 396 g/mol. The van der Waals surface area contributed by atoms with E-state index in [0.717, 1.165) is 5.56 Å². The average Bonchev–Trinajstić information content (AvgIpc) is 2.59. The van der Waals surface area contributed by atoms with Crippen LogP contribution in [0.25, 0.3) is 0 Å². The smallest absolute Gasteiger partial charge is 0.347 e. The molecule has 2 aromatic rings. The van der Waals surface area contributed by atoms with E-state index < -0.39 is 24.1 Å². The zero-order chi connectivity index (χ0) is 19.3. The lowest BCUT2D eigenvalue weighted by Crippen LogP contribution is -2.35. The quantitative estimate of drug-likeness (QED) is 0.723. The number of amides is 1. The SMILES string of the molecule is Cc1ccc(Cl)cc1NC(=O)[C@H](C)OC(=O)[C@@H](C)Oc1ccc(Cl)cc1. The van der Waals surface area contributed by atoms with Gasteiger partial charge in [0, 0.05) is 15.7 Å². The van der Waals surface area contributed by atoms with Crippen molar-refractivity contribution in [1.29, 1.82) is 0 Å². The molecule has 0 spiro atoms. The van der Waals surface area contributed by atoms with Gasteiger partial charge in [-0.3, -0.25) is 4.79 Å². The van der Waals surface area contributed by atoms with Crippen molar-refractivity contribution >= 4 is 40.8 Å². The number of rotatable bonds is 6. The molecule has 26 heavy (non-hydrogen) atoms. The van der Waals surface area contributed by atoms with Crippen LogP contribution in [0, 0.1) is 6.92 Å². The van der Waals surface area contributed by atoms with Gasteiger partial charge in [-0.05, 0) is 62.7 Å². The summed E-state index contributed by atoms with van der Waals surface area (Å²) in [6, 6.07) is 11.7. The number of esters is 1. The van der Waals surface area contributed by atoms with Gasteiger partial charge < -0.3 is 14.8 Å². The minimum absolute atomic E-state index is 0.456. The van der Waals surface area contributed by atoms with Crippen LogP contribution in [0.1, 0.15) is 19.4 Å². The number of hydrogen-bond donors (Lipinski definition) is 1. The Morgan fingerprint density at radius 3 is 2.23 bits per heavy atom. The predicted octanol–water partition coefficient (Wildman–Crippen LogP) is 4.64. The number of carbonyl (C=O) groups excluding carboxylic acids is 2. The number of benzene rings is 2. The first-order valence-electron chi connectivity index (χ1n) is 7.96. The summed E-state index contributed by atoms with van der Waals surface area (Å²) < 4.78 is 10.7. The standard InChI is InChI=1S/C19H19Cl2NO4/c1-11-4-5-15(21)10-17(11)22-18(23)12(2)26-19(24)13(3)25-16-8-6-14(20)7-9-16/h4-10,12-13H,1-3H3,(H,22,23)/t12-,13+/m0/s1. The maximum Gasteiger partial charge on any atom is 0.347 e. The van der Waals surface area contributed by atoms with Crippen molar-refractivity contribution in [2.45, 2.75) is 33.0 Å². The Kier molecular flexibility index (Phi) is 6.89. The van der Waals surface area contributed by atoms with E-state index in [-0.39, 0.29) is 0 Å². The molecule has 0 saturated carbocycles. The molecule has 0 unspecified atom stereocenters. The lowest BCUT2D eigenvalue weighted by molar-refractivity contribution is -0.159. The first-order valence-corrected chi connectivity index (χ1v) is 8.71. The van der Waals surface area contributed by atoms with Crippen LogP contribution in [0.5, 0.6) is 5.75 Å². The van der Waals surface area contributed by atoms with Crippen molar-refractivity contribution in [3.05, 3.63) is 58.1 Å². The molecule has 0 bridgehead atoms. The van der Waals surface area contributed by atoms with Gasteiger partial charge in [0.25, 0.3) is 5.91 Å². The van der Waals surface area contributed by atoms with E-state index in [4.69, 9.17) is 32.7 Å². The van der Waals surface area contributed by atoms with Crippen LogP contribution in [0.4, 0.5) is 5.69 Å². The molecule has 0 radical (unpaired) electrons. The molecule has 0 heterocycles. The highest BCUT2D eigenvalue weighted by molar-refractivity contribution is 6.31. The Morgan fingerprint density at radius 2 is 1.58 bits per heavy atom. The van der Waals surface area contributed by atoms with E-state index in [1.165, 1.54) is 6.92 Å². The molecule has 1 amide bonds. The molecule has 138 valence electrons. The lowest BCUT2D eigenvalue weighted by Gasteiger charge is -2.18. The van der Waals surface area contributed by atoms with Crippen LogP contribution in [0.3, 0.4) is 0 Å². The summed E-state index contributed by atoms with van der Waals surface area (Å²) in [6.07, 6.45) is -1.86. The highest BCUT2D eigenvalue weighted by Crippen LogP contribution is 2.21. The molecule has 7 heteroatoms. The molecule has 0 aliphatic carbocycles. The molecule has 2 atom stereocenters. The molecular weight excluding hydrogens is 377 g/mol. The van der Waals surface area contributed by atoms with E-state index >= 15 is 0 Å². The molecule has 0 saturated heterocycles. The van der Waals surface area contributed by atoms with Crippen molar-refractivity contribution in [2.75, 3.05) is 5.32 Å². The third kappa shape index (κ3) is 5.64. The number of halogens is 2. The van der Waals surface area contributed by atoms with E-state index in [0.29, 0.717) is 21.5 Å². The molecule has 0 fully saturated rings. The summed E-state index contributed by atoms with van der Waals surface area (Å²) in [5, 5.41) is 3.76. The van der Waals surface area contributed by atoms with E-state index in [1.54, 1.807) is 49.4 Å². The highest BCUT2D eigenvalue weighted by Gasteiger charge is 2.23. The fraction of sp³-hybridized carbons (Fsp3) is 0.263. The number of anilines is 1. The number of nitrogens with one attached hydrogen (secondary N) is 1. The molecule has 2 aromatic carbocycles. The summed E-state index contributed by atoms with van der Waals surface area (Å²) in [5.74, 6) is -0.627. The monoisotopic (exact) mass is 395 g/mol. The topological polar surface area (TPSA) is 64.6 Å². The Bertz CT molecular complexity index is 793. The molecule has 5 nitrogen and oxygen atoms in total. The zero-order valence-electron chi connectivity index (χ0n) is 14.6. The summed E-state index contributed by atoms with van der Waals surface area (Å²) in [4.78, 5) is 24.4. The number of aryl methyl sites for hydroxylation is 1. The molecule has 0 aliphatic rings. The molecule has 0 aromatic heterocycles. The van der Waals surface area contributed by atoms with Crippen LogP contribution in [0.2, 0.25) is 10.0 Å². The van der Waals surface area contributed by atoms with Crippen molar-refractivity contribution < 1.29 is 19.1 Å². The van der Waals surface area contributed by atoms with Crippen LogP contribution in [-0.4, -0.2) is 24.1 Å². The van der Waals surface area contributed by atoms with Gasteiger partial charge in [-0.25, -0.2) is 4.79 Å². The Balaban J connectivity index is 1.91. The van der Waals surface area contributed by atoms with Gasteiger partial charge in [0.15, 0.2) is 12.2 Å². The fourth-order valence-corrected chi connectivity index (χ4v) is 2.35. The normalized spacial score (nSPS) is 12.8. The van der Waals surface area contributed by atoms with E-state index in [9.17, 15) is 9.59 Å². The van der Waals surface area contributed by atoms with Crippen molar-refractivity contribution in [2.24, 2.45) is 0 Å². The maximum absolute atomic E-state index is 12.2. The van der Waals surface area contributed by atoms with Gasteiger partial charge in [-0.1, -0.05) is 29.3 Å². The van der Waals surface area contributed by atoms with Crippen LogP contribution in [-0.2, 0) is 14.3 Å². The van der Waals surface area contributed by atoms with Gasteiger partial charge >= 0.3 is 5.97 Å².